The van der Waals surface area contributed by atoms with Gasteiger partial charge in [0.25, 0.3) is 0 Å². The van der Waals surface area contributed by atoms with E-state index in [4.69, 9.17) is 5.73 Å². The van der Waals surface area contributed by atoms with E-state index in [9.17, 15) is 0 Å². The van der Waals surface area contributed by atoms with Gasteiger partial charge in [-0.15, -0.1) is 0 Å². The van der Waals surface area contributed by atoms with Gasteiger partial charge in [-0.05, 0) is 25.9 Å². The molecule has 0 aliphatic carbocycles. The number of nitrogens with zero attached hydrogens (tertiary/aromatic N) is 2. The monoisotopic (exact) mass is 194 g/mol. The second kappa shape index (κ2) is 4.57. The molecule has 0 aromatic carbocycles. The molecule has 0 saturated carbocycles. The molecule has 0 radical (unpaired) electrons. The highest BCUT2D eigenvalue weighted by Gasteiger charge is 2.21. The lowest BCUT2D eigenvalue weighted by Gasteiger charge is -2.33. The summed E-state index contributed by atoms with van der Waals surface area (Å²) in [6, 6.07) is 0.331. The minimum absolute atomic E-state index is 0.331. The molecule has 1 aliphatic heterocycles. The Kier molecular flexibility index (Phi) is 3.16. The van der Waals surface area contributed by atoms with E-state index < -0.39 is 0 Å². The SMILES string of the molecule is NCC(c1cnc[nH]1)N1CCCCC1. The Morgan fingerprint density at radius 3 is 2.79 bits per heavy atom. The molecule has 1 saturated heterocycles. The highest BCUT2D eigenvalue weighted by atomic mass is 15.2. The number of aromatic amines is 1. The van der Waals surface area contributed by atoms with Crippen LogP contribution in [0.2, 0.25) is 0 Å². The normalized spacial score (nSPS) is 20.9. The fourth-order valence-corrected chi connectivity index (χ4v) is 2.15. The summed E-state index contributed by atoms with van der Waals surface area (Å²) in [6.07, 6.45) is 7.56. The molecule has 1 atom stereocenters. The van der Waals surface area contributed by atoms with Crippen LogP contribution in [0.1, 0.15) is 31.0 Å². The summed E-state index contributed by atoms with van der Waals surface area (Å²) < 4.78 is 0. The molecule has 4 nitrogen and oxygen atoms in total. The molecule has 1 unspecified atom stereocenters. The summed E-state index contributed by atoms with van der Waals surface area (Å²) >= 11 is 0. The lowest BCUT2D eigenvalue weighted by molar-refractivity contribution is 0.165. The molecule has 0 bridgehead atoms. The zero-order valence-electron chi connectivity index (χ0n) is 8.45. The Balaban J connectivity index is 2.04. The van der Waals surface area contributed by atoms with E-state index >= 15 is 0 Å². The number of aromatic nitrogens is 2. The number of hydrogen-bond acceptors (Lipinski definition) is 3. The first-order valence-corrected chi connectivity index (χ1v) is 5.34. The van der Waals surface area contributed by atoms with Gasteiger partial charge in [-0.2, -0.15) is 0 Å². The topological polar surface area (TPSA) is 57.9 Å². The average molecular weight is 194 g/mol. The highest BCUT2D eigenvalue weighted by Crippen LogP contribution is 2.21. The Bertz CT molecular complexity index is 251. The molecule has 14 heavy (non-hydrogen) atoms. The maximum Gasteiger partial charge on any atom is 0.0922 e. The molecule has 1 aliphatic rings. The Morgan fingerprint density at radius 1 is 1.43 bits per heavy atom. The van der Waals surface area contributed by atoms with E-state index in [0.29, 0.717) is 12.6 Å². The van der Waals surface area contributed by atoms with E-state index in [-0.39, 0.29) is 0 Å². The number of piperidine rings is 1. The van der Waals surface area contributed by atoms with E-state index in [1.54, 1.807) is 6.33 Å². The second-order valence-electron chi connectivity index (χ2n) is 3.86. The first-order chi connectivity index (χ1) is 6.92. The van der Waals surface area contributed by atoms with Crippen LogP contribution in [-0.4, -0.2) is 34.5 Å². The van der Waals surface area contributed by atoms with Crippen LogP contribution < -0.4 is 5.73 Å². The molecule has 0 amide bonds. The van der Waals surface area contributed by atoms with Crippen molar-refractivity contribution >= 4 is 0 Å². The van der Waals surface area contributed by atoms with Crippen LogP contribution in [0.4, 0.5) is 0 Å². The fourth-order valence-electron chi connectivity index (χ4n) is 2.15. The average Bonchev–Trinajstić information content (AvgIpc) is 2.74. The van der Waals surface area contributed by atoms with Crippen LogP contribution in [-0.2, 0) is 0 Å². The van der Waals surface area contributed by atoms with Crippen molar-refractivity contribution in [3.63, 3.8) is 0 Å². The van der Waals surface area contributed by atoms with Crippen LogP contribution in [0.5, 0.6) is 0 Å². The molecular weight excluding hydrogens is 176 g/mol. The predicted molar refractivity (Wildman–Crippen MR) is 55.8 cm³/mol. The minimum Gasteiger partial charge on any atom is -0.347 e. The van der Waals surface area contributed by atoms with Gasteiger partial charge in [-0.3, -0.25) is 4.90 Å². The first kappa shape index (κ1) is 9.68. The molecule has 4 heteroatoms. The molecule has 2 rings (SSSR count). The number of imidazole rings is 1. The highest BCUT2D eigenvalue weighted by molar-refractivity contribution is 5.03. The van der Waals surface area contributed by atoms with Crippen molar-refractivity contribution in [2.75, 3.05) is 19.6 Å². The van der Waals surface area contributed by atoms with Gasteiger partial charge in [0.2, 0.25) is 0 Å². The summed E-state index contributed by atoms with van der Waals surface area (Å²) in [6.45, 7) is 3.00. The second-order valence-corrected chi connectivity index (χ2v) is 3.86. The van der Waals surface area contributed by atoms with Crippen molar-refractivity contribution in [3.05, 3.63) is 18.2 Å². The molecule has 1 aromatic rings. The first-order valence-electron chi connectivity index (χ1n) is 5.34. The lowest BCUT2D eigenvalue weighted by atomic mass is 10.1. The maximum atomic E-state index is 5.81. The van der Waals surface area contributed by atoms with Crippen molar-refractivity contribution < 1.29 is 0 Å². The van der Waals surface area contributed by atoms with Gasteiger partial charge in [0.1, 0.15) is 0 Å². The summed E-state index contributed by atoms with van der Waals surface area (Å²) in [5.41, 5.74) is 6.95. The Hall–Kier alpha value is -0.870. The standard InChI is InChI=1S/C10H18N4/c11-6-10(9-7-12-8-13-9)14-4-2-1-3-5-14/h7-8,10H,1-6,11H2,(H,12,13). The van der Waals surface area contributed by atoms with Crippen LogP contribution in [0, 0.1) is 0 Å². The number of H-pyrrole nitrogens is 1. The number of nitrogens with one attached hydrogen (secondary N) is 1. The van der Waals surface area contributed by atoms with Gasteiger partial charge < -0.3 is 10.7 Å². The van der Waals surface area contributed by atoms with Crippen molar-refractivity contribution in [3.8, 4) is 0 Å². The van der Waals surface area contributed by atoms with E-state index in [0.717, 1.165) is 5.69 Å². The largest absolute Gasteiger partial charge is 0.347 e. The van der Waals surface area contributed by atoms with Crippen LogP contribution in [0.25, 0.3) is 0 Å². The quantitative estimate of drug-likeness (QED) is 0.751. The van der Waals surface area contributed by atoms with Gasteiger partial charge in [0.05, 0.1) is 18.1 Å². The summed E-state index contributed by atoms with van der Waals surface area (Å²) in [4.78, 5) is 9.66. The molecule has 1 aromatic heterocycles. The van der Waals surface area contributed by atoms with Gasteiger partial charge in [-0.25, -0.2) is 4.98 Å². The van der Waals surface area contributed by atoms with Gasteiger partial charge in [0, 0.05) is 12.7 Å². The smallest absolute Gasteiger partial charge is 0.0922 e. The van der Waals surface area contributed by atoms with Gasteiger partial charge >= 0.3 is 0 Å². The Morgan fingerprint density at radius 2 is 2.21 bits per heavy atom. The van der Waals surface area contributed by atoms with E-state index in [2.05, 4.69) is 14.9 Å². The van der Waals surface area contributed by atoms with Gasteiger partial charge in [0.15, 0.2) is 0 Å². The number of hydrogen-bond donors (Lipinski definition) is 2. The predicted octanol–water partition coefficient (Wildman–Crippen LogP) is 0.895. The number of nitrogens with two attached hydrogens (primary N) is 1. The van der Waals surface area contributed by atoms with Crippen molar-refractivity contribution in [1.82, 2.24) is 14.9 Å². The number of likely N-dealkylation sites (tertiary alicyclic amines) is 1. The zero-order chi connectivity index (χ0) is 9.80. The van der Waals surface area contributed by atoms with Crippen molar-refractivity contribution in [2.45, 2.75) is 25.3 Å². The molecule has 78 valence electrons. The third kappa shape index (κ3) is 1.96. The zero-order valence-corrected chi connectivity index (χ0v) is 8.45. The minimum atomic E-state index is 0.331. The van der Waals surface area contributed by atoms with Crippen molar-refractivity contribution in [1.29, 1.82) is 0 Å². The third-order valence-electron chi connectivity index (χ3n) is 2.93. The van der Waals surface area contributed by atoms with Crippen LogP contribution in [0.15, 0.2) is 12.5 Å². The Labute approximate surface area is 84.5 Å². The molecular formula is C10H18N4. The fraction of sp³-hybridized carbons (Fsp3) is 0.700. The van der Waals surface area contributed by atoms with E-state index in [1.165, 1.54) is 32.4 Å². The molecule has 0 spiro atoms. The van der Waals surface area contributed by atoms with Crippen LogP contribution >= 0.6 is 0 Å². The van der Waals surface area contributed by atoms with Crippen molar-refractivity contribution in [2.24, 2.45) is 5.73 Å². The van der Waals surface area contributed by atoms with E-state index in [1.807, 2.05) is 6.20 Å². The third-order valence-corrected chi connectivity index (χ3v) is 2.93. The molecule has 3 N–H and O–H groups in total. The molecule has 2 heterocycles. The van der Waals surface area contributed by atoms with Crippen LogP contribution in [0.3, 0.4) is 0 Å². The van der Waals surface area contributed by atoms with Gasteiger partial charge in [-0.1, -0.05) is 6.42 Å². The molecule has 1 fully saturated rings. The lowest BCUT2D eigenvalue weighted by Crippen LogP contribution is -2.37. The summed E-state index contributed by atoms with van der Waals surface area (Å²) in [5, 5.41) is 0. The maximum absolute atomic E-state index is 5.81. The number of rotatable bonds is 3. The summed E-state index contributed by atoms with van der Waals surface area (Å²) in [7, 11) is 0. The summed E-state index contributed by atoms with van der Waals surface area (Å²) in [5.74, 6) is 0.